The summed E-state index contributed by atoms with van der Waals surface area (Å²) in [5, 5.41) is 29.9. The lowest BCUT2D eigenvalue weighted by Gasteiger charge is -2.34. The number of hydrogen-bond acceptors (Lipinski definition) is 9. The Morgan fingerprint density at radius 2 is 2.00 bits per heavy atom. The molecule has 0 radical (unpaired) electrons. The maximum Gasteiger partial charge on any atom is 0.414 e. The van der Waals surface area contributed by atoms with Gasteiger partial charge in [0, 0.05) is 25.2 Å². The van der Waals surface area contributed by atoms with E-state index in [1.807, 2.05) is 0 Å². The van der Waals surface area contributed by atoms with Gasteiger partial charge in [-0.15, -0.1) is 0 Å². The van der Waals surface area contributed by atoms with Crippen molar-refractivity contribution in [2.75, 3.05) is 42.7 Å². The van der Waals surface area contributed by atoms with E-state index >= 15 is 4.39 Å². The van der Waals surface area contributed by atoms with Crippen LogP contribution in [-0.4, -0.2) is 82.6 Å². The molecule has 12 nitrogen and oxygen atoms in total. The lowest BCUT2D eigenvalue weighted by molar-refractivity contribution is 0.00980. The minimum absolute atomic E-state index is 0.0357. The highest BCUT2D eigenvalue weighted by Gasteiger charge is 2.48. The van der Waals surface area contributed by atoms with Crippen molar-refractivity contribution in [3.05, 3.63) is 57.9 Å². The number of carboxylic acid groups (broad SMARTS) is 1. The molecular weight excluding hydrogens is 560 g/mol. The van der Waals surface area contributed by atoms with E-state index in [1.54, 1.807) is 11.8 Å². The summed E-state index contributed by atoms with van der Waals surface area (Å²) in [6.45, 7) is 1.37. The molecule has 2 fully saturated rings. The van der Waals surface area contributed by atoms with Crippen LogP contribution in [-0.2, 0) is 11.3 Å². The maximum absolute atomic E-state index is 15.6. The predicted molar refractivity (Wildman–Crippen MR) is 144 cm³/mol. The van der Waals surface area contributed by atoms with Gasteiger partial charge in [-0.05, 0) is 25.1 Å². The average Bonchev–Trinajstić information content (AvgIpc) is 3.51. The summed E-state index contributed by atoms with van der Waals surface area (Å²) in [6, 6.07) is 4.40. The van der Waals surface area contributed by atoms with Crippen LogP contribution in [0.5, 0.6) is 11.5 Å². The molecule has 2 aromatic carbocycles. The van der Waals surface area contributed by atoms with Crippen molar-refractivity contribution in [1.29, 1.82) is 0 Å². The van der Waals surface area contributed by atoms with Gasteiger partial charge in [0.15, 0.2) is 23.1 Å². The third kappa shape index (κ3) is 4.47. The largest absolute Gasteiger partial charge is 0.487 e. The number of rotatable bonds is 7. The van der Waals surface area contributed by atoms with Crippen molar-refractivity contribution in [1.82, 2.24) is 4.57 Å². The molecular formula is C28H27F2N3O9. The highest BCUT2D eigenvalue weighted by Crippen LogP contribution is 2.46. The summed E-state index contributed by atoms with van der Waals surface area (Å²) in [5.41, 5.74) is -2.33. The van der Waals surface area contributed by atoms with Gasteiger partial charge in [-0.1, -0.05) is 0 Å². The van der Waals surface area contributed by atoms with Crippen molar-refractivity contribution < 1.29 is 47.9 Å². The molecule has 3 aliphatic rings. The van der Waals surface area contributed by atoms with Crippen LogP contribution in [0.2, 0.25) is 0 Å². The third-order valence-electron chi connectivity index (χ3n) is 7.84. The van der Waals surface area contributed by atoms with Gasteiger partial charge in [-0.25, -0.2) is 18.4 Å². The molecule has 42 heavy (non-hydrogen) atoms. The Bertz CT molecular complexity index is 1680. The first-order valence-corrected chi connectivity index (χ1v) is 13.3. The number of hydrogen-bond donors (Lipinski definition) is 3. The lowest BCUT2D eigenvalue weighted by Crippen LogP contribution is -2.41. The number of fused-ring (bicyclic) bond motifs is 5. The molecule has 14 heteroatoms. The molecule has 1 amide bonds. The maximum atomic E-state index is 15.6. The Kier molecular flexibility index (Phi) is 6.69. The second-order valence-corrected chi connectivity index (χ2v) is 10.6. The van der Waals surface area contributed by atoms with Gasteiger partial charge in [0.1, 0.15) is 36.2 Å². The van der Waals surface area contributed by atoms with Crippen LogP contribution in [0.3, 0.4) is 0 Å². The number of carbonyl (C=O) groups is 2. The fourth-order valence-electron chi connectivity index (χ4n) is 5.86. The number of pyridine rings is 1. The highest BCUT2D eigenvalue weighted by atomic mass is 19.1. The van der Waals surface area contributed by atoms with Crippen LogP contribution >= 0.6 is 0 Å². The van der Waals surface area contributed by atoms with Crippen LogP contribution in [0, 0.1) is 11.6 Å². The number of ether oxygens (including phenoxy) is 3. The van der Waals surface area contributed by atoms with E-state index in [0.717, 1.165) is 12.1 Å². The average molecular weight is 588 g/mol. The number of halogens is 2. The van der Waals surface area contributed by atoms with Gasteiger partial charge >= 0.3 is 12.1 Å². The van der Waals surface area contributed by atoms with E-state index in [2.05, 4.69) is 0 Å². The quantitative estimate of drug-likeness (QED) is 0.375. The van der Waals surface area contributed by atoms with Gasteiger partial charge < -0.3 is 39.0 Å². The fraction of sp³-hybridized carbons (Fsp3) is 0.393. The molecule has 0 aliphatic carbocycles. The fourth-order valence-corrected chi connectivity index (χ4v) is 5.86. The van der Waals surface area contributed by atoms with Gasteiger partial charge in [-0.2, -0.15) is 0 Å². The van der Waals surface area contributed by atoms with E-state index in [9.17, 15) is 34.1 Å². The van der Waals surface area contributed by atoms with Gasteiger partial charge in [-0.3, -0.25) is 9.69 Å². The van der Waals surface area contributed by atoms with Crippen LogP contribution < -0.4 is 24.7 Å². The molecule has 222 valence electrons. The highest BCUT2D eigenvalue weighted by molar-refractivity contribution is 5.97. The van der Waals surface area contributed by atoms with Crippen LogP contribution in [0.1, 0.15) is 23.7 Å². The van der Waals surface area contributed by atoms with Crippen LogP contribution in [0.25, 0.3) is 10.9 Å². The zero-order chi connectivity index (χ0) is 29.9. The van der Waals surface area contributed by atoms with Crippen molar-refractivity contribution >= 4 is 34.3 Å². The van der Waals surface area contributed by atoms with E-state index < -0.39 is 52.4 Å². The first kappa shape index (κ1) is 27.7. The number of anilines is 2. The molecule has 1 aromatic heterocycles. The second kappa shape index (κ2) is 10.1. The summed E-state index contributed by atoms with van der Waals surface area (Å²) in [5.74, 6) is -3.10. The summed E-state index contributed by atoms with van der Waals surface area (Å²) >= 11 is 0. The molecule has 6 rings (SSSR count). The first-order valence-electron chi connectivity index (χ1n) is 13.3. The summed E-state index contributed by atoms with van der Waals surface area (Å²) in [7, 11) is 0. The minimum Gasteiger partial charge on any atom is -0.487 e. The van der Waals surface area contributed by atoms with E-state index in [-0.39, 0.29) is 79.7 Å². The van der Waals surface area contributed by atoms with Crippen LogP contribution in [0.4, 0.5) is 25.0 Å². The first-order chi connectivity index (χ1) is 20.0. The van der Waals surface area contributed by atoms with E-state index in [4.69, 9.17) is 14.2 Å². The molecule has 4 heterocycles. The third-order valence-corrected chi connectivity index (χ3v) is 7.84. The van der Waals surface area contributed by atoms with Crippen molar-refractivity contribution in [3.8, 4) is 11.5 Å². The number of aromatic carboxylic acids is 1. The van der Waals surface area contributed by atoms with E-state index in [1.165, 1.54) is 27.8 Å². The molecule has 1 unspecified atom stereocenters. The molecule has 0 saturated carbocycles. The van der Waals surface area contributed by atoms with E-state index in [0.29, 0.717) is 0 Å². The SMILES string of the molecule is CCn1cc(C(=O)O)c(=O)c2cc(F)c3c(c21)OC[C@@H]1C[C@@](O)(COc2ccc(N4CC(CO)OC4=O)cc2F)CN31. The Morgan fingerprint density at radius 3 is 2.67 bits per heavy atom. The smallest absolute Gasteiger partial charge is 0.414 e. The van der Waals surface area contributed by atoms with Gasteiger partial charge in [0.05, 0.1) is 42.3 Å². The number of aliphatic hydroxyl groups excluding tert-OH is 1. The summed E-state index contributed by atoms with van der Waals surface area (Å²) in [4.78, 5) is 39.3. The zero-order valence-corrected chi connectivity index (χ0v) is 22.4. The number of aromatic nitrogens is 1. The standard InChI is InChI=1S/C28H27F2N3O9/c1-2-31-9-18(26(36)37)24(35)17-6-20(30)23-25(22(17)31)40-11-15-7-28(39,12-33(15)23)13-41-21-4-3-14(5-19(21)29)32-8-16(10-34)42-27(32)38/h3-6,9,15-16,34,39H,2,7-8,10-13H2,1H3,(H,36,37)/t15-,16?,28-/m0/s1. The molecule has 3 atom stereocenters. The number of cyclic esters (lactones) is 1. The number of nitrogens with zero attached hydrogens (tertiary/aromatic N) is 3. The number of aliphatic hydroxyl groups is 2. The number of benzene rings is 2. The molecule has 2 saturated heterocycles. The Morgan fingerprint density at radius 1 is 1.21 bits per heavy atom. The topological polar surface area (TPSA) is 151 Å². The molecule has 0 bridgehead atoms. The van der Waals surface area contributed by atoms with Gasteiger partial charge in [0.2, 0.25) is 5.43 Å². The Hall–Kier alpha value is -4.43. The normalized spacial score (nSPS) is 23.0. The number of carboxylic acids is 1. The van der Waals surface area contributed by atoms with Crippen molar-refractivity contribution in [3.63, 3.8) is 0 Å². The number of amides is 1. The van der Waals surface area contributed by atoms with Crippen molar-refractivity contribution in [2.24, 2.45) is 0 Å². The predicted octanol–water partition coefficient (Wildman–Crippen LogP) is 2.10. The van der Waals surface area contributed by atoms with Gasteiger partial charge in [0.25, 0.3) is 0 Å². The monoisotopic (exact) mass is 587 g/mol. The Balaban J connectivity index is 1.25. The summed E-state index contributed by atoms with van der Waals surface area (Å²) < 4.78 is 48.5. The molecule has 0 spiro atoms. The zero-order valence-electron chi connectivity index (χ0n) is 22.4. The van der Waals surface area contributed by atoms with Crippen LogP contribution in [0.15, 0.2) is 35.3 Å². The number of carbonyl (C=O) groups excluding carboxylic acids is 1. The molecule has 3 aromatic rings. The molecule has 3 N–H and O–H groups in total. The summed E-state index contributed by atoms with van der Waals surface area (Å²) in [6.07, 6.45) is -0.101. The minimum atomic E-state index is -1.52. The number of aryl methyl sites for hydroxylation is 1. The van der Waals surface area contributed by atoms with Crippen molar-refractivity contribution in [2.45, 2.75) is 37.6 Å². The molecule has 3 aliphatic heterocycles. The second-order valence-electron chi connectivity index (χ2n) is 10.6. The lowest BCUT2D eigenvalue weighted by atomic mass is 10.0. The Labute approximate surface area is 236 Å².